The third-order valence-electron chi connectivity index (χ3n) is 3.50. The van der Waals surface area contributed by atoms with E-state index in [4.69, 9.17) is 9.15 Å². The standard InChI is InChI=1S/C14H18N4O4S/c1-23(19,20)18-6-8-21-10-12(18)14-15-5-4-13(17-14)16-9-11-3-2-7-22-11/h2-5,7,12H,6,8-10H2,1H3,(H,15,16,17)/t12-/m0/s1. The summed E-state index contributed by atoms with van der Waals surface area (Å²) in [6.07, 6.45) is 4.39. The molecule has 23 heavy (non-hydrogen) atoms. The molecule has 3 rings (SSSR count). The Kier molecular flexibility index (Phi) is 4.60. The Bertz CT molecular complexity index is 748. The summed E-state index contributed by atoms with van der Waals surface area (Å²) in [7, 11) is -3.35. The first-order chi connectivity index (χ1) is 11.0. The molecule has 0 saturated carbocycles. The summed E-state index contributed by atoms with van der Waals surface area (Å²) < 4.78 is 35.9. The number of nitrogens with one attached hydrogen (secondary N) is 1. The Morgan fingerprint density at radius 2 is 2.30 bits per heavy atom. The van der Waals surface area contributed by atoms with Crippen LogP contribution in [0.25, 0.3) is 0 Å². The van der Waals surface area contributed by atoms with Gasteiger partial charge in [-0.2, -0.15) is 4.31 Å². The summed E-state index contributed by atoms with van der Waals surface area (Å²) in [6.45, 7) is 1.41. The Balaban J connectivity index is 1.77. The van der Waals surface area contributed by atoms with Gasteiger partial charge in [-0.1, -0.05) is 0 Å². The summed E-state index contributed by atoms with van der Waals surface area (Å²) in [5, 5.41) is 3.13. The van der Waals surface area contributed by atoms with Gasteiger partial charge in [-0.15, -0.1) is 0 Å². The molecule has 124 valence electrons. The fourth-order valence-electron chi connectivity index (χ4n) is 2.41. The van der Waals surface area contributed by atoms with E-state index in [9.17, 15) is 8.42 Å². The molecule has 1 saturated heterocycles. The first-order valence-electron chi connectivity index (χ1n) is 7.18. The Morgan fingerprint density at radius 3 is 3.04 bits per heavy atom. The van der Waals surface area contributed by atoms with E-state index < -0.39 is 16.1 Å². The lowest BCUT2D eigenvalue weighted by Crippen LogP contribution is -2.43. The zero-order valence-electron chi connectivity index (χ0n) is 12.7. The molecule has 0 radical (unpaired) electrons. The second kappa shape index (κ2) is 6.65. The molecule has 0 aromatic carbocycles. The van der Waals surface area contributed by atoms with Crippen molar-refractivity contribution in [3.05, 3.63) is 42.2 Å². The Morgan fingerprint density at radius 1 is 1.43 bits per heavy atom. The number of anilines is 1. The highest BCUT2D eigenvalue weighted by atomic mass is 32.2. The minimum atomic E-state index is -3.35. The number of hydrogen-bond acceptors (Lipinski definition) is 7. The molecule has 1 N–H and O–H groups in total. The lowest BCUT2D eigenvalue weighted by atomic mass is 10.2. The number of morpholine rings is 1. The van der Waals surface area contributed by atoms with Gasteiger partial charge in [-0.3, -0.25) is 0 Å². The van der Waals surface area contributed by atoms with Gasteiger partial charge in [0.1, 0.15) is 17.6 Å². The quantitative estimate of drug-likeness (QED) is 0.869. The van der Waals surface area contributed by atoms with E-state index in [1.165, 1.54) is 10.6 Å². The molecule has 0 amide bonds. The zero-order valence-corrected chi connectivity index (χ0v) is 13.5. The van der Waals surface area contributed by atoms with Gasteiger partial charge in [0.25, 0.3) is 0 Å². The van der Waals surface area contributed by atoms with Gasteiger partial charge in [-0.05, 0) is 18.2 Å². The minimum absolute atomic E-state index is 0.245. The van der Waals surface area contributed by atoms with Crippen LogP contribution in [0.3, 0.4) is 0 Å². The number of rotatable bonds is 5. The number of nitrogens with zero attached hydrogens (tertiary/aromatic N) is 3. The van der Waals surface area contributed by atoms with Crippen molar-refractivity contribution >= 4 is 15.8 Å². The van der Waals surface area contributed by atoms with Crippen LogP contribution < -0.4 is 5.32 Å². The van der Waals surface area contributed by atoms with Crippen molar-refractivity contribution in [2.24, 2.45) is 0 Å². The smallest absolute Gasteiger partial charge is 0.212 e. The van der Waals surface area contributed by atoms with Crippen molar-refractivity contribution < 1.29 is 17.6 Å². The fourth-order valence-corrected chi connectivity index (χ4v) is 3.44. The molecule has 8 nitrogen and oxygen atoms in total. The van der Waals surface area contributed by atoms with Crippen LogP contribution in [0.2, 0.25) is 0 Å². The van der Waals surface area contributed by atoms with Gasteiger partial charge in [0.15, 0.2) is 5.82 Å². The molecule has 1 atom stereocenters. The van der Waals surface area contributed by atoms with Crippen LogP contribution >= 0.6 is 0 Å². The predicted octanol–water partition coefficient (Wildman–Crippen LogP) is 1.01. The maximum absolute atomic E-state index is 11.9. The summed E-state index contributed by atoms with van der Waals surface area (Å²) in [5.41, 5.74) is 0. The molecule has 0 unspecified atom stereocenters. The van der Waals surface area contributed by atoms with Gasteiger partial charge < -0.3 is 14.5 Å². The summed E-state index contributed by atoms with van der Waals surface area (Å²) in [6, 6.07) is 4.88. The van der Waals surface area contributed by atoms with Crippen molar-refractivity contribution in [3.63, 3.8) is 0 Å². The topological polar surface area (TPSA) is 97.6 Å². The average Bonchev–Trinajstić information content (AvgIpc) is 3.06. The third-order valence-corrected chi connectivity index (χ3v) is 4.79. The minimum Gasteiger partial charge on any atom is -0.467 e. The van der Waals surface area contributed by atoms with Crippen molar-refractivity contribution in [2.45, 2.75) is 12.6 Å². The van der Waals surface area contributed by atoms with E-state index in [-0.39, 0.29) is 6.61 Å². The molecule has 2 aromatic heterocycles. The van der Waals surface area contributed by atoms with Crippen molar-refractivity contribution in [3.8, 4) is 0 Å². The second-order valence-corrected chi connectivity index (χ2v) is 7.13. The van der Waals surface area contributed by atoms with Gasteiger partial charge >= 0.3 is 0 Å². The SMILES string of the molecule is CS(=O)(=O)N1CCOC[C@H]1c1nccc(NCc2ccco2)n1. The highest BCUT2D eigenvalue weighted by Gasteiger charge is 2.33. The van der Waals surface area contributed by atoms with Gasteiger partial charge in [0.2, 0.25) is 10.0 Å². The molecular weight excluding hydrogens is 320 g/mol. The summed E-state index contributed by atoms with van der Waals surface area (Å²) >= 11 is 0. The molecule has 0 spiro atoms. The summed E-state index contributed by atoms with van der Waals surface area (Å²) in [5.74, 6) is 1.80. The number of ether oxygens (including phenoxy) is 1. The van der Waals surface area contributed by atoms with Crippen LogP contribution in [0, 0.1) is 0 Å². The Labute approximate surface area is 134 Å². The first kappa shape index (κ1) is 15.9. The van der Waals surface area contributed by atoms with Crippen LogP contribution in [0.1, 0.15) is 17.6 Å². The van der Waals surface area contributed by atoms with Crippen molar-refractivity contribution in [1.82, 2.24) is 14.3 Å². The second-order valence-electron chi connectivity index (χ2n) is 5.20. The fraction of sp³-hybridized carbons (Fsp3) is 0.429. The third kappa shape index (κ3) is 3.87. The number of hydrogen-bond donors (Lipinski definition) is 1. The van der Waals surface area contributed by atoms with Crippen LogP contribution in [0.15, 0.2) is 35.1 Å². The molecule has 1 fully saturated rings. The first-order valence-corrected chi connectivity index (χ1v) is 9.02. The van der Waals surface area contributed by atoms with E-state index in [1.807, 2.05) is 12.1 Å². The monoisotopic (exact) mass is 338 g/mol. The van der Waals surface area contributed by atoms with Gasteiger partial charge in [-0.25, -0.2) is 18.4 Å². The number of aromatic nitrogens is 2. The van der Waals surface area contributed by atoms with Crippen molar-refractivity contribution in [2.75, 3.05) is 31.3 Å². The van der Waals surface area contributed by atoms with E-state index in [2.05, 4.69) is 15.3 Å². The molecule has 0 aliphatic carbocycles. The highest BCUT2D eigenvalue weighted by Crippen LogP contribution is 2.24. The summed E-state index contributed by atoms with van der Waals surface area (Å²) in [4.78, 5) is 8.62. The molecule has 3 heterocycles. The van der Waals surface area contributed by atoms with Crippen molar-refractivity contribution in [1.29, 1.82) is 0 Å². The van der Waals surface area contributed by atoms with E-state index in [1.54, 1.807) is 18.5 Å². The van der Waals surface area contributed by atoms with Gasteiger partial charge in [0, 0.05) is 12.7 Å². The van der Waals surface area contributed by atoms with Crippen LogP contribution in [0.5, 0.6) is 0 Å². The molecule has 9 heteroatoms. The zero-order chi connectivity index (χ0) is 16.3. The largest absolute Gasteiger partial charge is 0.467 e. The molecule has 1 aliphatic rings. The number of sulfonamides is 1. The Hall–Kier alpha value is -1.97. The lowest BCUT2D eigenvalue weighted by Gasteiger charge is -2.32. The maximum atomic E-state index is 11.9. The molecular formula is C14H18N4O4S. The van der Waals surface area contributed by atoms with Gasteiger partial charge in [0.05, 0.1) is 32.3 Å². The average molecular weight is 338 g/mol. The van der Waals surface area contributed by atoms with Crippen LogP contribution in [0.4, 0.5) is 5.82 Å². The van der Waals surface area contributed by atoms with E-state index >= 15 is 0 Å². The highest BCUT2D eigenvalue weighted by molar-refractivity contribution is 7.88. The molecule has 0 bridgehead atoms. The maximum Gasteiger partial charge on any atom is 0.212 e. The molecule has 2 aromatic rings. The van der Waals surface area contributed by atoms with Crippen LogP contribution in [-0.4, -0.2) is 48.7 Å². The number of furan rings is 1. The molecule has 1 aliphatic heterocycles. The van der Waals surface area contributed by atoms with E-state index in [0.29, 0.717) is 31.3 Å². The predicted molar refractivity (Wildman–Crippen MR) is 83.2 cm³/mol. The lowest BCUT2D eigenvalue weighted by molar-refractivity contribution is 0.0293. The van der Waals surface area contributed by atoms with Crippen LogP contribution in [-0.2, 0) is 21.3 Å². The van der Waals surface area contributed by atoms with E-state index in [0.717, 1.165) is 5.76 Å². The normalized spacial score (nSPS) is 19.6.